The van der Waals surface area contributed by atoms with E-state index < -0.39 is 5.97 Å². The monoisotopic (exact) mass is 332 g/mol. The van der Waals surface area contributed by atoms with Crippen LogP contribution in [0, 0.1) is 0 Å². The molecular weight excluding hydrogens is 312 g/mol. The topological polar surface area (TPSA) is 46.5 Å². The van der Waals surface area contributed by atoms with Gasteiger partial charge in [0.25, 0.3) is 0 Å². The molecule has 0 bridgehead atoms. The second-order valence-corrected chi connectivity index (χ2v) is 5.03. The molecule has 0 aromatic heterocycles. The Balaban J connectivity index is 0.00000264. The van der Waals surface area contributed by atoms with Gasteiger partial charge in [-0.1, -0.05) is 49.8 Å². The number of carboxylic acid groups (broad SMARTS) is 1. The van der Waals surface area contributed by atoms with Gasteiger partial charge in [0.15, 0.2) is 0 Å². The van der Waals surface area contributed by atoms with Crippen LogP contribution in [0.4, 0.5) is 0 Å². The molecule has 2 rings (SSSR count). The van der Waals surface area contributed by atoms with Crippen molar-refractivity contribution in [2.75, 3.05) is 6.61 Å². The molecule has 0 aliphatic rings. The Hall–Kier alpha value is -2.26. The van der Waals surface area contributed by atoms with Crippen molar-refractivity contribution in [2.45, 2.75) is 19.8 Å². The molecule has 0 radical (unpaired) electrons. The standard InChI is InChI=1S/C19H20O3.ClH/c1-2-3-14-22-18-12-8-16(9-13-18)5-4-15-6-10-17(11-7-15)19(20)21;/h4-13H,2-3,14H2,1H3,(H,20,21);1H. The fraction of sp³-hybridized carbons (Fsp3) is 0.211. The second kappa shape index (κ2) is 9.70. The predicted molar refractivity (Wildman–Crippen MR) is 96.4 cm³/mol. The number of aromatic carboxylic acids is 1. The van der Waals surface area contributed by atoms with Gasteiger partial charge in [-0.05, 0) is 41.8 Å². The van der Waals surface area contributed by atoms with E-state index in [1.807, 2.05) is 36.4 Å². The van der Waals surface area contributed by atoms with E-state index in [-0.39, 0.29) is 12.4 Å². The van der Waals surface area contributed by atoms with Crippen molar-refractivity contribution >= 4 is 30.5 Å². The largest absolute Gasteiger partial charge is 0.494 e. The summed E-state index contributed by atoms with van der Waals surface area (Å²) in [6.07, 6.45) is 6.14. The quantitative estimate of drug-likeness (QED) is 0.563. The Kier molecular flexibility index (Phi) is 7.92. The molecular formula is C19H21ClO3. The lowest BCUT2D eigenvalue weighted by Crippen LogP contribution is -1.95. The molecule has 0 heterocycles. The van der Waals surface area contributed by atoms with Gasteiger partial charge in [-0.3, -0.25) is 0 Å². The summed E-state index contributed by atoms with van der Waals surface area (Å²) < 4.78 is 5.62. The third-order valence-corrected chi connectivity index (χ3v) is 3.27. The molecule has 4 heteroatoms. The number of ether oxygens (including phenoxy) is 1. The number of carboxylic acids is 1. The lowest BCUT2D eigenvalue weighted by molar-refractivity contribution is 0.0697. The minimum absolute atomic E-state index is 0. The van der Waals surface area contributed by atoms with E-state index in [0.29, 0.717) is 5.56 Å². The van der Waals surface area contributed by atoms with E-state index in [1.165, 1.54) is 0 Å². The Morgan fingerprint density at radius 3 is 2.00 bits per heavy atom. The summed E-state index contributed by atoms with van der Waals surface area (Å²) in [4.78, 5) is 10.8. The Bertz CT molecular complexity index is 631. The molecule has 2 aromatic carbocycles. The van der Waals surface area contributed by atoms with Crippen LogP contribution in [0.5, 0.6) is 5.75 Å². The van der Waals surface area contributed by atoms with Crippen molar-refractivity contribution in [1.82, 2.24) is 0 Å². The van der Waals surface area contributed by atoms with E-state index in [2.05, 4.69) is 6.92 Å². The summed E-state index contributed by atoms with van der Waals surface area (Å²) in [5.74, 6) is -0.0226. The smallest absolute Gasteiger partial charge is 0.335 e. The Labute approximate surface area is 143 Å². The molecule has 2 aromatic rings. The number of halogens is 1. The molecule has 0 spiro atoms. The number of benzene rings is 2. The van der Waals surface area contributed by atoms with Crippen LogP contribution in [0.25, 0.3) is 12.2 Å². The summed E-state index contributed by atoms with van der Waals surface area (Å²) >= 11 is 0. The van der Waals surface area contributed by atoms with Crippen LogP contribution in [0.2, 0.25) is 0 Å². The van der Waals surface area contributed by atoms with Gasteiger partial charge in [0, 0.05) is 0 Å². The highest BCUT2D eigenvalue weighted by Gasteiger charge is 2.00. The fourth-order valence-electron chi connectivity index (χ4n) is 1.94. The minimum Gasteiger partial charge on any atom is -0.494 e. The molecule has 0 amide bonds. The van der Waals surface area contributed by atoms with Gasteiger partial charge >= 0.3 is 5.97 Å². The molecule has 0 saturated carbocycles. The first-order chi connectivity index (χ1) is 10.7. The predicted octanol–water partition coefficient (Wildman–Crippen LogP) is 5.16. The van der Waals surface area contributed by atoms with Crippen LogP contribution < -0.4 is 4.74 Å². The van der Waals surface area contributed by atoms with Crippen molar-refractivity contribution < 1.29 is 14.6 Å². The summed E-state index contributed by atoms with van der Waals surface area (Å²) in [5.41, 5.74) is 2.34. The zero-order chi connectivity index (χ0) is 15.8. The number of hydrogen-bond acceptors (Lipinski definition) is 2. The highest BCUT2D eigenvalue weighted by Crippen LogP contribution is 2.15. The first kappa shape index (κ1) is 18.8. The minimum atomic E-state index is -0.908. The summed E-state index contributed by atoms with van der Waals surface area (Å²) in [6, 6.07) is 14.7. The average Bonchev–Trinajstić information content (AvgIpc) is 2.55. The number of carbonyl (C=O) groups is 1. The van der Waals surface area contributed by atoms with Crippen molar-refractivity contribution in [3.05, 3.63) is 65.2 Å². The Morgan fingerprint density at radius 1 is 1.00 bits per heavy atom. The SMILES string of the molecule is CCCCOc1ccc(C=Cc2ccc(C(=O)O)cc2)cc1.Cl. The first-order valence-electron chi connectivity index (χ1n) is 7.43. The molecule has 3 nitrogen and oxygen atoms in total. The van der Waals surface area contributed by atoms with Crippen LogP contribution in [0.15, 0.2) is 48.5 Å². The van der Waals surface area contributed by atoms with Crippen LogP contribution in [-0.2, 0) is 0 Å². The maximum atomic E-state index is 10.8. The molecule has 0 unspecified atom stereocenters. The van der Waals surface area contributed by atoms with E-state index in [1.54, 1.807) is 24.3 Å². The van der Waals surface area contributed by atoms with Crippen LogP contribution in [0.3, 0.4) is 0 Å². The van der Waals surface area contributed by atoms with Crippen LogP contribution in [0.1, 0.15) is 41.3 Å². The zero-order valence-corrected chi connectivity index (χ0v) is 13.9. The van der Waals surface area contributed by atoms with E-state index in [0.717, 1.165) is 36.3 Å². The summed E-state index contributed by atoms with van der Waals surface area (Å²) in [6.45, 7) is 2.89. The van der Waals surface area contributed by atoms with Gasteiger partial charge in [0.2, 0.25) is 0 Å². The molecule has 0 atom stereocenters. The fourth-order valence-corrected chi connectivity index (χ4v) is 1.94. The molecule has 1 N–H and O–H groups in total. The Morgan fingerprint density at radius 2 is 1.52 bits per heavy atom. The summed E-state index contributed by atoms with van der Waals surface area (Å²) in [7, 11) is 0. The van der Waals surface area contributed by atoms with Crippen molar-refractivity contribution in [3.8, 4) is 5.75 Å². The van der Waals surface area contributed by atoms with Gasteiger partial charge < -0.3 is 9.84 Å². The highest BCUT2D eigenvalue weighted by atomic mass is 35.5. The first-order valence-corrected chi connectivity index (χ1v) is 7.43. The summed E-state index contributed by atoms with van der Waals surface area (Å²) in [5, 5.41) is 8.86. The normalized spacial score (nSPS) is 10.3. The van der Waals surface area contributed by atoms with Crippen LogP contribution >= 0.6 is 12.4 Å². The molecule has 0 aliphatic carbocycles. The molecule has 23 heavy (non-hydrogen) atoms. The van der Waals surface area contributed by atoms with Gasteiger partial charge in [0.05, 0.1) is 12.2 Å². The van der Waals surface area contributed by atoms with E-state index in [4.69, 9.17) is 9.84 Å². The van der Waals surface area contributed by atoms with Gasteiger partial charge in [0.1, 0.15) is 5.75 Å². The lowest BCUT2D eigenvalue weighted by atomic mass is 10.1. The van der Waals surface area contributed by atoms with Crippen LogP contribution in [-0.4, -0.2) is 17.7 Å². The third kappa shape index (κ3) is 6.17. The molecule has 0 fully saturated rings. The van der Waals surface area contributed by atoms with Gasteiger partial charge in [-0.15, -0.1) is 12.4 Å². The lowest BCUT2D eigenvalue weighted by Gasteiger charge is -2.05. The van der Waals surface area contributed by atoms with Gasteiger partial charge in [-0.2, -0.15) is 0 Å². The molecule has 0 aliphatic heterocycles. The van der Waals surface area contributed by atoms with E-state index >= 15 is 0 Å². The highest BCUT2D eigenvalue weighted by molar-refractivity contribution is 5.88. The number of rotatable bonds is 7. The number of unbranched alkanes of at least 4 members (excludes halogenated alkanes) is 1. The maximum absolute atomic E-state index is 10.8. The average molecular weight is 333 g/mol. The number of hydrogen-bond donors (Lipinski definition) is 1. The van der Waals surface area contributed by atoms with Gasteiger partial charge in [-0.25, -0.2) is 4.79 Å². The van der Waals surface area contributed by atoms with Crippen molar-refractivity contribution in [1.29, 1.82) is 0 Å². The second-order valence-electron chi connectivity index (χ2n) is 5.03. The van der Waals surface area contributed by atoms with Crippen molar-refractivity contribution in [2.24, 2.45) is 0 Å². The maximum Gasteiger partial charge on any atom is 0.335 e. The third-order valence-electron chi connectivity index (χ3n) is 3.27. The van der Waals surface area contributed by atoms with Crippen molar-refractivity contribution in [3.63, 3.8) is 0 Å². The molecule has 0 saturated heterocycles. The molecule has 122 valence electrons. The zero-order valence-electron chi connectivity index (χ0n) is 13.1. The van der Waals surface area contributed by atoms with E-state index in [9.17, 15) is 4.79 Å².